The molecule has 0 atom stereocenters. The van der Waals surface area contributed by atoms with Crippen molar-refractivity contribution in [3.63, 3.8) is 0 Å². The lowest BCUT2D eigenvalue weighted by Crippen LogP contribution is -2.26. The van der Waals surface area contributed by atoms with Gasteiger partial charge >= 0.3 is 5.97 Å². The van der Waals surface area contributed by atoms with Crippen molar-refractivity contribution >= 4 is 18.0 Å². The molecule has 88 valence electrons. The topological polar surface area (TPSA) is 55.4 Å². The maximum absolute atomic E-state index is 11.2. The molecule has 17 heavy (non-hydrogen) atoms. The summed E-state index contributed by atoms with van der Waals surface area (Å²) in [6, 6.07) is 9.27. The van der Waals surface area contributed by atoms with Crippen molar-refractivity contribution in [2.45, 2.75) is 6.92 Å². The Hall–Kier alpha value is -2.36. The summed E-state index contributed by atoms with van der Waals surface area (Å²) in [6.07, 6.45) is 2.82. The highest BCUT2D eigenvalue weighted by atomic mass is 16.7. The van der Waals surface area contributed by atoms with E-state index in [4.69, 9.17) is 0 Å². The van der Waals surface area contributed by atoms with E-state index in [0.717, 1.165) is 5.56 Å². The van der Waals surface area contributed by atoms with Gasteiger partial charge in [-0.15, -0.1) is 0 Å². The number of hydroxylamine groups is 1. The van der Waals surface area contributed by atoms with Crippen molar-refractivity contribution in [1.29, 1.82) is 0 Å². The van der Waals surface area contributed by atoms with Crippen LogP contribution in [0.15, 0.2) is 48.6 Å². The van der Waals surface area contributed by atoms with Crippen molar-refractivity contribution < 1.29 is 14.4 Å². The first-order valence-electron chi connectivity index (χ1n) is 4.99. The van der Waals surface area contributed by atoms with E-state index in [0.29, 0.717) is 0 Å². The molecule has 0 aliphatic rings. The minimum absolute atomic E-state index is 0.268. The first-order valence-corrected chi connectivity index (χ1v) is 4.99. The fourth-order valence-corrected chi connectivity index (χ4v) is 0.946. The average Bonchev–Trinajstić information content (AvgIpc) is 2.34. The minimum Gasteiger partial charge on any atom is -0.336 e. The molecule has 1 N–H and O–H groups in total. The molecule has 0 aliphatic heterocycles. The number of carbonyl (C=O) groups excluding carboxylic acids is 2. The van der Waals surface area contributed by atoms with E-state index in [1.807, 2.05) is 35.8 Å². The monoisotopic (exact) mass is 231 g/mol. The van der Waals surface area contributed by atoms with Crippen molar-refractivity contribution in [1.82, 2.24) is 5.48 Å². The molecule has 1 aromatic carbocycles. The van der Waals surface area contributed by atoms with Crippen LogP contribution in [-0.2, 0) is 14.4 Å². The van der Waals surface area contributed by atoms with Crippen LogP contribution in [0.3, 0.4) is 0 Å². The Bertz CT molecular complexity index is 449. The average molecular weight is 231 g/mol. The summed E-state index contributed by atoms with van der Waals surface area (Å²) in [6.45, 7) is 4.92. The smallest absolute Gasteiger partial charge is 0.336 e. The molecule has 0 saturated heterocycles. The molecule has 0 spiro atoms. The predicted octanol–water partition coefficient (Wildman–Crippen LogP) is 1.85. The second-order valence-corrected chi connectivity index (χ2v) is 3.38. The second kappa shape index (κ2) is 6.27. The molecule has 0 aromatic heterocycles. The van der Waals surface area contributed by atoms with Crippen molar-refractivity contribution in [2.24, 2.45) is 0 Å². The van der Waals surface area contributed by atoms with Gasteiger partial charge in [0.1, 0.15) is 0 Å². The number of benzene rings is 1. The molecule has 1 amide bonds. The molecule has 4 nitrogen and oxygen atoms in total. The van der Waals surface area contributed by atoms with Crippen LogP contribution in [0.5, 0.6) is 0 Å². The quantitative estimate of drug-likeness (QED) is 0.638. The van der Waals surface area contributed by atoms with Crippen molar-refractivity contribution in [3.8, 4) is 0 Å². The molecule has 1 aromatic rings. The Morgan fingerprint density at radius 2 is 1.94 bits per heavy atom. The van der Waals surface area contributed by atoms with Gasteiger partial charge in [-0.25, -0.2) is 4.79 Å². The first-order chi connectivity index (χ1) is 8.09. The van der Waals surface area contributed by atoms with Gasteiger partial charge in [0.25, 0.3) is 5.91 Å². The highest BCUT2D eigenvalue weighted by Crippen LogP contribution is 2.00. The van der Waals surface area contributed by atoms with Gasteiger partial charge in [-0.1, -0.05) is 36.9 Å². The molecular formula is C13H13NO3. The van der Waals surface area contributed by atoms with Crippen LogP contribution < -0.4 is 5.48 Å². The van der Waals surface area contributed by atoms with Gasteiger partial charge in [0.2, 0.25) is 0 Å². The van der Waals surface area contributed by atoms with E-state index in [2.05, 4.69) is 11.4 Å². The van der Waals surface area contributed by atoms with E-state index in [-0.39, 0.29) is 5.57 Å². The standard InChI is InChI=1S/C13H13NO3/c1-10(2)13(16)14-17-12(15)9-8-11-6-4-3-5-7-11/h3-9H,1H2,2H3,(H,14,16). The zero-order valence-corrected chi connectivity index (χ0v) is 9.47. The molecule has 0 radical (unpaired) electrons. The summed E-state index contributed by atoms with van der Waals surface area (Å²) in [4.78, 5) is 26.7. The third-order valence-electron chi connectivity index (χ3n) is 1.84. The van der Waals surface area contributed by atoms with E-state index in [1.54, 1.807) is 6.08 Å². The zero-order valence-electron chi connectivity index (χ0n) is 9.47. The Kier molecular flexibility index (Phi) is 4.69. The third-order valence-corrected chi connectivity index (χ3v) is 1.84. The normalized spacial score (nSPS) is 9.94. The predicted molar refractivity (Wildman–Crippen MR) is 64.5 cm³/mol. The molecule has 0 fully saturated rings. The van der Waals surface area contributed by atoms with Crippen molar-refractivity contribution in [3.05, 3.63) is 54.1 Å². The summed E-state index contributed by atoms with van der Waals surface area (Å²) in [5.74, 6) is -1.17. The van der Waals surface area contributed by atoms with Gasteiger partial charge in [-0.2, -0.15) is 5.48 Å². The van der Waals surface area contributed by atoms with E-state index in [9.17, 15) is 9.59 Å². The lowest BCUT2D eigenvalue weighted by Gasteiger charge is -2.01. The van der Waals surface area contributed by atoms with E-state index in [1.165, 1.54) is 13.0 Å². The number of hydrogen-bond donors (Lipinski definition) is 1. The summed E-state index contributed by atoms with van der Waals surface area (Å²) in [5.41, 5.74) is 3.12. The van der Waals surface area contributed by atoms with Crippen LogP contribution in [0, 0.1) is 0 Å². The van der Waals surface area contributed by atoms with Crippen LogP contribution in [0.4, 0.5) is 0 Å². The Labute approximate surface area is 99.5 Å². The van der Waals surface area contributed by atoms with Crippen LogP contribution in [0.2, 0.25) is 0 Å². The van der Waals surface area contributed by atoms with Crippen LogP contribution in [0.25, 0.3) is 6.08 Å². The number of nitrogens with one attached hydrogen (secondary N) is 1. The van der Waals surface area contributed by atoms with Gasteiger partial charge in [0, 0.05) is 11.6 Å². The molecule has 4 heteroatoms. The molecule has 0 heterocycles. The highest BCUT2D eigenvalue weighted by Gasteiger charge is 2.03. The third kappa shape index (κ3) is 4.79. The Morgan fingerprint density at radius 1 is 1.29 bits per heavy atom. The lowest BCUT2D eigenvalue weighted by atomic mass is 10.2. The summed E-state index contributed by atoms with van der Waals surface area (Å²) < 4.78 is 0. The van der Waals surface area contributed by atoms with Crippen LogP contribution >= 0.6 is 0 Å². The fraction of sp³-hybridized carbons (Fsp3) is 0.0769. The maximum atomic E-state index is 11.2. The molecule has 0 saturated carbocycles. The van der Waals surface area contributed by atoms with Gasteiger partial charge in [-0.3, -0.25) is 4.79 Å². The Morgan fingerprint density at radius 3 is 2.53 bits per heavy atom. The van der Waals surface area contributed by atoms with Crippen LogP contribution in [-0.4, -0.2) is 11.9 Å². The minimum atomic E-state index is -0.650. The zero-order chi connectivity index (χ0) is 12.7. The molecule has 0 aliphatic carbocycles. The number of rotatable bonds is 3. The SMILES string of the molecule is C=C(C)C(=O)NOC(=O)C=Cc1ccccc1. The number of amides is 1. The first kappa shape index (κ1) is 12.7. The fourth-order valence-electron chi connectivity index (χ4n) is 0.946. The molecule has 0 unspecified atom stereocenters. The largest absolute Gasteiger partial charge is 0.355 e. The van der Waals surface area contributed by atoms with Gasteiger partial charge in [0.15, 0.2) is 0 Å². The van der Waals surface area contributed by atoms with E-state index >= 15 is 0 Å². The summed E-state index contributed by atoms with van der Waals surface area (Å²) in [5, 5.41) is 0. The van der Waals surface area contributed by atoms with Crippen LogP contribution in [0.1, 0.15) is 12.5 Å². The van der Waals surface area contributed by atoms with Gasteiger partial charge < -0.3 is 4.84 Å². The lowest BCUT2D eigenvalue weighted by molar-refractivity contribution is -0.151. The van der Waals surface area contributed by atoms with E-state index < -0.39 is 11.9 Å². The second-order valence-electron chi connectivity index (χ2n) is 3.38. The Balaban J connectivity index is 2.43. The van der Waals surface area contributed by atoms with Gasteiger partial charge in [-0.05, 0) is 18.6 Å². The summed E-state index contributed by atoms with van der Waals surface area (Å²) in [7, 11) is 0. The maximum Gasteiger partial charge on any atom is 0.355 e. The summed E-state index contributed by atoms with van der Waals surface area (Å²) >= 11 is 0. The molecular weight excluding hydrogens is 218 g/mol. The molecule has 0 bridgehead atoms. The number of carbonyl (C=O) groups is 2. The van der Waals surface area contributed by atoms with Gasteiger partial charge in [0.05, 0.1) is 0 Å². The molecule has 1 rings (SSSR count). The highest BCUT2D eigenvalue weighted by molar-refractivity contribution is 5.93. The number of hydrogen-bond acceptors (Lipinski definition) is 3. The van der Waals surface area contributed by atoms with Crippen molar-refractivity contribution in [2.75, 3.05) is 0 Å².